The second-order valence-corrected chi connectivity index (χ2v) is 11.8. The van der Waals surface area contributed by atoms with Crippen molar-refractivity contribution in [2.24, 2.45) is 0 Å². The number of hydrogen-bond acceptors (Lipinski definition) is 9. The van der Waals surface area contributed by atoms with Crippen LogP contribution in [0.3, 0.4) is 0 Å². The number of halogens is 1. The van der Waals surface area contributed by atoms with Crippen molar-refractivity contribution in [1.82, 2.24) is 24.3 Å². The standard InChI is InChI=1S/C32H30ClN5O6S/c1-42-23-9-6-20(7-10-23)16-34-29(39)5-3-2-4-12-37-31(41)24-14-26-27(44-19-43-26)15-25(24)36-32(37)45-18-22-13-30(40)38-17-21(33)8-11-28(38)35-22/h6-11,13-15,17H,2-5,12,16,18-19H2,1H3,(H,34,39). The normalized spacial score (nSPS) is 12.1. The van der Waals surface area contributed by atoms with E-state index in [-0.39, 0.29) is 23.8 Å². The van der Waals surface area contributed by atoms with E-state index in [9.17, 15) is 14.4 Å². The Morgan fingerprint density at radius 1 is 1.02 bits per heavy atom. The molecular formula is C32H30ClN5O6S. The summed E-state index contributed by atoms with van der Waals surface area (Å²) < 4.78 is 19.2. The minimum absolute atomic E-state index is 0.0243. The van der Waals surface area contributed by atoms with Crippen LogP contribution >= 0.6 is 23.4 Å². The van der Waals surface area contributed by atoms with Crippen molar-refractivity contribution >= 4 is 45.8 Å². The third kappa shape index (κ3) is 7.07. The molecule has 0 bridgehead atoms. The number of ether oxygens (including phenoxy) is 3. The first-order valence-corrected chi connectivity index (χ1v) is 15.8. The molecule has 0 radical (unpaired) electrons. The van der Waals surface area contributed by atoms with E-state index in [2.05, 4.69) is 10.3 Å². The Hall–Kier alpha value is -4.55. The summed E-state index contributed by atoms with van der Waals surface area (Å²) in [6.45, 7) is 0.953. The first-order chi connectivity index (χ1) is 21.9. The topological polar surface area (TPSA) is 126 Å². The highest BCUT2D eigenvalue weighted by Crippen LogP contribution is 2.35. The number of amides is 1. The Kier molecular flexibility index (Phi) is 9.22. The van der Waals surface area contributed by atoms with Crippen LogP contribution in [-0.4, -0.2) is 38.7 Å². The zero-order valence-electron chi connectivity index (χ0n) is 24.5. The fourth-order valence-electron chi connectivity index (χ4n) is 5.00. The van der Waals surface area contributed by atoms with E-state index in [0.29, 0.717) is 82.0 Å². The van der Waals surface area contributed by atoms with E-state index < -0.39 is 0 Å². The highest BCUT2D eigenvalue weighted by atomic mass is 35.5. The number of hydrogen-bond donors (Lipinski definition) is 1. The molecule has 5 aromatic rings. The third-order valence-corrected chi connectivity index (χ3v) is 8.61. The van der Waals surface area contributed by atoms with Gasteiger partial charge in [-0.05, 0) is 48.7 Å². The molecule has 1 aliphatic rings. The predicted molar refractivity (Wildman–Crippen MR) is 171 cm³/mol. The summed E-state index contributed by atoms with van der Waals surface area (Å²) in [4.78, 5) is 48.2. The van der Waals surface area contributed by atoms with Crippen LogP contribution in [0.1, 0.15) is 36.9 Å². The number of nitrogens with one attached hydrogen (secondary N) is 1. The van der Waals surface area contributed by atoms with Gasteiger partial charge in [-0.15, -0.1) is 0 Å². The van der Waals surface area contributed by atoms with Gasteiger partial charge in [0.15, 0.2) is 16.7 Å². The van der Waals surface area contributed by atoms with Gasteiger partial charge in [0.1, 0.15) is 11.4 Å². The van der Waals surface area contributed by atoms with Crippen LogP contribution in [0.2, 0.25) is 5.02 Å². The number of pyridine rings is 1. The maximum absolute atomic E-state index is 13.7. The van der Waals surface area contributed by atoms with E-state index >= 15 is 0 Å². The SMILES string of the molecule is COc1ccc(CNC(=O)CCCCCn2c(SCc3cc(=O)n4cc(Cl)ccc4n3)nc3cc4c(cc3c2=O)OCO4)cc1. The maximum atomic E-state index is 13.7. The Morgan fingerprint density at radius 3 is 2.62 bits per heavy atom. The molecular weight excluding hydrogens is 618 g/mol. The summed E-state index contributed by atoms with van der Waals surface area (Å²) in [5.74, 6) is 2.12. The maximum Gasteiger partial charge on any atom is 0.262 e. The zero-order valence-corrected chi connectivity index (χ0v) is 26.0. The molecule has 1 N–H and O–H groups in total. The molecule has 1 amide bonds. The number of methoxy groups -OCH3 is 1. The number of benzene rings is 2. The summed E-state index contributed by atoms with van der Waals surface area (Å²) in [5, 5.41) is 4.32. The molecule has 0 aliphatic carbocycles. The van der Waals surface area contributed by atoms with Crippen LogP contribution in [0.15, 0.2) is 75.5 Å². The van der Waals surface area contributed by atoms with Gasteiger partial charge in [-0.25, -0.2) is 9.97 Å². The van der Waals surface area contributed by atoms with E-state index in [0.717, 1.165) is 17.7 Å². The quantitative estimate of drug-likeness (QED) is 0.114. The minimum Gasteiger partial charge on any atom is -0.497 e. The number of thioether (sulfide) groups is 1. The highest BCUT2D eigenvalue weighted by Gasteiger charge is 2.19. The van der Waals surface area contributed by atoms with Crippen molar-refractivity contribution in [3.05, 3.63) is 97.8 Å². The second-order valence-electron chi connectivity index (χ2n) is 10.5. The summed E-state index contributed by atoms with van der Waals surface area (Å²) in [7, 11) is 1.61. The van der Waals surface area contributed by atoms with Crippen LogP contribution < -0.4 is 30.6 Å². The fraction of sp³-hybridized carbons (Fsp3) is 0.281. The van der Waals surface area contributed by atoms with Crippen molar-refractivity contribution in [2.75, 3.05) is 13.9 Å². The Morgan fingerprint density at radius 2 is 1.82 bits per heavy atom. The molecule has 11 nitrogen and oxygen atoms in total. The minimum atomic E-state index is -0.247. The average Bonchev–Trinajstić information content (AvgIpc) is 3.51. The average molecular weight is 648 g/mol. The molecule has 4 heterocycles. The second kappa shape index (κ2) is 13.6. The molecule has 0 saturated heterocycles. The van der Waals surface area contributed by atoms with Gasteiger partial charge in [0.2, 0.25) is 12.7 Å². The van der Waals surface area contributed by atoms with Crippen molar-refractivity contribution in [3.63, 3.8) is 0 Å². The number of nitrogens with zero attached hydrogens (tertiary/aromatic N) is 4. The van der Waals surface area contributed by atoms with Crippen LogP contribution in [0, 0.1) is 0 Å². The van der Waals surface area contributed by atoms with Gasteiger partial charge in [-0.3, -0.25) is 23.4 Å². The van der Waals surface area contributed by atoms with Gasteiger partial charge in [0.05, 0.1) is 28.7 Å². The lowest BCUT2D eigenvalue weighted by Gasteiger charge is -2.14. The first-order valence-electron chi connectivity index (χ1n) is 14.4. The number of carbonyl (C=O) groups excluding carboxylic acids is 1. The molecule has 1 aliphatic heterocycles. The van der Waals surface area contributed by atoms with E-state index in [1.807, 2.05) is 24.3 Å². The number of aromatic nitrogens is 4. The zero-order chi connectivity index (χ0) is 31.3. The third-order valence-electron chi connectivity index (χ3n) is 7.37. The molecule has 6 rings (SSSR count). The lowest BCUT2D eigenvalue weighted by Crippen LogP contribution is -2.24. The summed E-state index contributed by atoms with van der Waals surface area (Å²) in [5.41, 5.74) is 2.08. The van der Waals surface area contributed by atoms with Crippen molar-refractivity contribution < 1.29 is 19.0 Å². The van der Waals surface area contributed by atoms with Crippen LogP contribution in [-0.2, 0) is 23.6 Å². The fourth-order valence-corrected chi connectivity index (χ4v) is 6.08. The molecule has 0 atom stereocenters. The van der Waals surface area contributed by atoms with Gasteiger partial charge >= 0.3 is 0 Å². The number of fused-ring (bicyclic) bond motifs is 3. The predicted octanol–water partition coefficient (Wildman–Crippen LogP) is 4.96. The van der Waals surface area contributed by atoms with Gasteiger partial charge in [0.25, 0.3) is 11.1 Å². The summed E-state index contributed by atoms with van der Waals surface area (Å²) in [6, 6.07) is 15.8. The van der Waals surface area contributed by atoms with E-state index in [4.69, 9.17) is 30.8 Å². The van der Waals surface area contributed by atoms with Crippen molar-refractivity contribution in [1.29, 1.82) is 0 Å². The van der Waals surface area contributed by atoms with Crippen LogP contribution in [0.5, 0.6) is 17.2 Å². The Labute approximate surface area is 267 Å². The first kappa shape index (κ1) is 30.5. The molecule has 3 aromatic heterocycles. The van der Waals surface area contributed by atoms with Gasteiger partial charge in [0, 0.05) is 43.6 Å². The monoisotopic (exact) mass is 647 g/mol. The van der Waals surface area contributed by atoms with Crippen LogP contribution in [0.4, 0.5) is 0 Å². The Bertz CT molecular complexity index is 2000. The van der Waals surface area contributed by atoms with Crippen molar-refractivity contribution in [3.8, 4) is 17.2 Å². The van der Waals surface area contributed by atoms with Gasteiger partial charge < -0.3 is 19.5 Å². The van der Waals surface area contributed by atoms with Crippen LogP contribution in [0.25, 0.3) is 16.6 Å². The lowest BCUT2D eigenvalue weighted by molar-refractivity contribution is -0.121. The summed E-state index contributed by atoms with van der Waals surface area (Å²) >= 11 is 7.37. The number of rotatable bonds is 12. The summed E-state index contributed by atoms with van der Waals surface area (Å²) in [6.07, 6.45) is 4.02. The molecule has 0 fully saturated rings. The van der Waals surface area contributed by atoms with Crippen molar-refractivity contribution in [2.45, 2.75) is 49.7 Å². The molecule has 45 heavy (non-hydrogen) atoms. The smallest absolute Gasteiger partial charge is 0.262 e. The molecule has 0 spiro atoms. The molecule has 0 saturated carbocycles. The van der Waals surface area contributed by atoms with E-state index in [1.165, 1.54) is 28.4 Å². The number of unbranched alkanes of at least 4 members (excludes halogenated alkanes) is 2. The molecule has 232 valence electrons. The molecule has 13 heteroatoms. The lowest BCUT2D eigenvalue weighted by atomic mass is 10.1. The molecule has 0 unspecified atom stereocenters. The molecule has 2 aromatic carbocycles. The van der Waals surface area contributed by atoms with E-state index in [1.54, 1.807) is 35.9 Å². The highest BCUT2D eigenvalue weighted by molar-refractivity contribution is 7.98. The Balaban J connectivity index is 1.13. The van der Waals surface area contributed by atoms with Gasteiger partial charge in [-0.2, -0.15) is 0 Å². The number of carbonyl (C=O) groups is 1. The van der Waals surface area contributed by atoms with Gasteiger partial charge in [-0.1, -0.05) is 41.9 Å². The largest absolute Gasteiger partial charge is 0.497 e.